The van der Waals surface area contributed by atoms with Gasteiger partial charge in [-0.15, -0.1) is 11.8 Å². The van der Waals surface area contributed by atoms with Crippen LogP contribution >= 0.6 is 11.8 Å². The minimum Gasteiger partial charge on any atom is -0.506 e. The van der Waals surface area contributed by atoms with Crippen molar-refractivity contribution in [1.82, 2.24) is 0 Å². The third-order valence-corrected chi connectivity index (χ3v) is 3.46. The van der Waals surface area contributed by atoms with Gasteiger partial charge in [0, 0.05) is 5.39 Å². The number of esters is 1. The molecule has 2 aromatic rings. The number of fused-ring (bicyclic) bond motifs is 1. The molecule has 0 saturated carbocycles. The number of thioether (sulfide) groups is 1. The molecule has 0 heterocycles. The Morgan fingerprint density at radius 3 is 2.82 bits per heavy atom. The number of phenolic OH excluding ortho intramolecular Hbond substituents is 1. The molecule has 88 valence electrons. The number of carbonyl (C=O) groups is 1. The highest BCUT2D eigenvalue weighted by Gasteiger charge is 2.08. The zero-order valence-corrected chi connectivity index (χ0v) is 10.2. The van der Waals surface area contributed by atoms with E-state index in [1.807, 2.05) is 36.4 Å². The zero-order chi connectivity index (χ0) is 12.3. The molecule has 4 heteroatoms. The van der Waals surface area contributed by atoms with E-state index in [9.17, 15) is 9.90 Å². The molecule has 0 unspecified atom stereocenters. The Kier molecular flexibility index (Phi) is 3.54. The maximum absolute atomic E-state index is 11.0. The number of hydrogen-bond acceptors (Lipinski definition) is 4. The number of hydrogen-bond donors (Lipinski definition) is 1. The van der Waals surface area contributed by atoms with Crippen LogP contribution in [0.15, 0.2) is 41.3 Å². The van der Waals surface area contributed by atoms with Crippen molar-refractivity contribution in [2.75, 3.05) is 12.9 Å². The fourth-order valence-electron chi connectivity index (χ4n) is 1.55. The van der Waals surface area contributed by atoms with Crippen LogP contribution in [0.2, 0.25) is 0 Å². The highest BCUT2D eigenvalue weighted by Crippen LogP contribution is 2.35. The highest BCUT2D eigenvalue weighted by molar-refractivity contribution is 8.00. The first kappa shape index (κ1) is 11.8. The number of aromatic hydroxyl groups is 1. The Bertz CT molecular complexity index is 551. The number of benzene rings is 2. The van der Waals surface area contributed by atoms with Crippen LogP contribution in [0.5, 0.6) is 5.75 Å². The molecule has 2 rings (SSSR count). The number of carbonyl (C=O) groups excluding carboxylic acids is 1. The minimum absolute atomic E-state index is 0.197. The van der Waals surface area contributed by atoms with Crippen molar-refractivity contribution in [2.45, 2.75) is 4.90 Å². The average Bonchev–Trinajstić information content (AvgIpc) is 2.38. The van der Waals surface area contributed by atoms with E-state index in [0.29, 0.717) is 4.90 Å². The number of ether oxygens (including phenoxy) is 1. The van der Waals surface area contributed by atoms with E-state index in [4.69, 9.17) is 0 Å². The first-order valence-corrected chi connectivity index (χ1v) is 6.11. The van der Waals surface area contributed by atoms with Crippen molar-refractivity contribution in [3.05, 3.63) is 36.4 Å². The quantitative estimate of drug-likeness (QED) is 0.670. The molecule has 0 fully saturated rings. The summed E-state index contributed by atoms with van der Waals surface area (Å²) in [6, 6.07) is 11.3. The van der Waals surface area contributed by atoms with Gasteiger partial charge in [0.15, 0.2) is 0 Å². The zero-order valence-electron chi connectivity index (χ0n) is 9.34. The lowest BCUT2D eigenvalue weighted by Gasteiger charge is -2.06. The Morgan fingerprint density at radius 1 is 1.29 bits per heavy atom. The molecule has 0 radical (unpaired) electrons. The largest absolute Gasteiger partial charge is 0.506 e. The smallest absolute Gasteiger partial charge is 0.315 e. The molecule has 0 amide bonds. The lowest BCUT2D eigenvalue weighted by Crippen LogP contribution is -2.02. The molecule has 0 spiro atoms. The van der Waals surface area contributed by atoms with Gasteiger partial charge in [0.05, 0.1) is 17.8 Å². The SMILES string of the molecule is COC(=O)CSc1ccc2ccccc2c1O. The molecule has 0 aromatic heterocycles. The number of rotatable bonds is 3. The summed E-state index contributed by atoms with van der Waals surface area (Å²) < 4.78 is 4.56. The first-order valence-electron chi connectivity index (χ1n) is 5.12. The normalized spacial score (nSPS) is 10.4. The lowest BCUT2D eigenvalue weighted by molar-refractivity contribution is -0.137. The molecule has 0 atom stereocenters. The summed E-state index contributed by atoms with van der Waals surface area (Å²) in [6.45, 7) is 0. The third kappa shape index (κ3) is 2.53. The summed E-state index contributed by atoms with van der Waals surface area (Å²) in [4.78, 5) is 11.7. The van der Waals surface area contributed by atoms with Crippen LogP contribution in [0.4, 0.5) is 0 Å². The molecule has 0 aliphatic rings. The highest BCUT2D eigenvalue weighted by atomic mass is 32.2. The molecule has 0 bridgehead atoms. The van der Waals surface area contributed by atoms with E-state index < -0.39 is 0 Å². The molecule has 17 heavy (non-hydrogen) atoms. The maximum Gasteiger partial charge on any atom is 0.315 e. The van der Waals surface area contributed by atoms with Crippen LogP contribution in [-0.2, 0) is 9.53 Å². The second kappa shape index (κ2) is 5.10. The Hall–Kier alpha value is -1.68. The van der Waals surface area contributed by atoms with Gasteiger partial charge in [-0.25, -0.2) is 0 Å². The van der Waals surface area contributed by atoms with Gasteiger partial charge in [0.2, 0.25) is 0 Å². The van der Waals surface area contributed by atoms with E-state index in [-0.39, 0.29) is 17.5 Å². The van der Waals surface area contributed by atoms with Crippen LogP contribution in [0.3, 0.4) is 0 Å². The van der Waals surface area contributed by atoms with Crippen molar-refractivity contribution < 1.29 is 14.6 Å². The topological polar surface area (TPSA) is 46.5 Å². The van der Waals surface area contributed by atoms with Crippen LogP contribution in [0.25, 0.3) is 10.8 Å². The Labute approximate surface area is 103 Å². The van der Waals surface area contributed by atoms with Gasteiger partial charge in [0.1, 0.15) is 5.75 Å². The molecule has 2 aromatic carbocycles. The van der Waals surface area contributed by atoms with Gasteiger partial charge >= 0.3 is 5.97 Å². The summed E-state index contributed by atoms with van der Waals surface area (Å²) in [5.74, 6) is 0.113. The monoisotopic (exact) mass is 248 g/mol. The van der Waals surface area contributed by atoms with Crippen molar-refractivity contribution in [1.29, 1.82) is 0 Å². The van der Waals surface area contributed by atoms with Crippen LogP contribution in [0, 0.1) is 0 Å². The van der Waals surface area contributed by atoms with E-state index in [0.717, 1.165) is 10.8 Å². The molecule has 3 nitrogen and oxygen atoms in total. The third-order valence-electron chi connectivity index (χ3n) is 2.44. The second-order valence-corrected chi connectivity index (χ2v) is 4.52. The van der Waals surface area contributed by atoms with E-state index in [1.54, 1.807) is 0 Å². The number of methoxy groups -OCH3 is 1. The summed E-state index contributed by atoms with van der Waals surface area (Å²) in [6.07, 6.45) is 0. The standard InChI is InChI=1S/C13H12O3S/c1-16-12(14)8-17-11-7-6-9-4-2-3-5-10(9)13(11)15/h2-7,15H,8H2,1H3. The molecule has 0 aliphatic heterocycles. The van der Waals surface area contributed by atoms with Crippen molar-refractivity contribution in [3.63, 3.8) is 0 Å². The second-order valence-electron chi connectivity index (χ2n) is 3.50. The molecule has 1 N–H and O–H groups in total. The molecular weight excluding hydrogens is 236 g/mol. The Balaban J connectivity index is 2.29. The van der Waals surface area contributed by atoms with Crippen molar-refractivity contribution in [3.8, 4) is 5.75 Å². The van der Waals surface area contributed by atoms with E-state index in [2.05, 4.69) is 4.74 Å². The van der Waals surface area contributed by atoms with Gasteiger partial charge in [0.25, 0.3) is 0 Å². The van der Waals surface area contributed by atoms with Gasteiger partial charge in [-0.2, -0.15) is 0 Å². The number of phenols is 1. The van der Waals surface area contributed by atoms with Gasteiger partial charge in [-0.05, 0) is 11.5 Å². The summed E-state index contributed by atoms with van der Waals surface area (Å²) in [7, 11) is 1.35. The predicted octanol–water partition coefficient (Wildman–Crippen LogP) is 2.81. The predicted molar refractivity (Wildman–Crippen MR) is 68.4 cm³/mol. The lowest BCUT2D eigenvalue weighted by atomic mass is 10.1. The summed E-state index contributed by atoms with van der Waals surface area (Å²) >= 11 is 1.27. The average molecular weight is 248 g/mol. The molecular formula is C13H12O3S. The minimum atomic E-state index is -0.303. The molecule has 0 saturated heterocycles. The van der Waals surface area contributed by atoms with E-state index in [1.165, 1.54) is 18.9 Å². The molecule has 0 aliphatic carbocycles. The maximum atomic E-state index is 11.0. The first-order chi connectivity index (χ1) is 8.22. The van der Waals surface area contributed by atoms with Crippen LogP contribution < -0.4 is 0 Å². The van der Waals surface area contributed by atoms with Gasteiger partial charge < -0.3 is 9.84 Å². The van der Waals surface area contributed by atoms with Gasteiger partial charge in [-0.1, -0.05) is 30.3 Å². The van der Waals surface area contributed by atoms with E-state index >= 15 is 0 Å². The fourth-order valence-corrected chi connectivity index (χ4v) is 2.35. The van der Waals surface area contributed by atoms with Crippen LogP contribution in [-0.4, -0.2) is 23.9 Å². The fraction of sp³-hybridized carbons (Fsp3) is 0.154. The Morgan fingerprint density at radius 2 is 2.06 bits per heavy atom. The van der Waals surface area contributed by atoms with Crippen molar-refractivity contribution in [2.24, 2.45) is 0 Å². The summed E-state index contributed by atoms with van der Waals surface area (Å²) in [5.41, 5.74) is 0. The summed E-state index contributed by atoms with van der Waals surface area (Å²) in [5, 5.41) is 11.8. The van der Waals surface area contributed by atoms with Gasteiger partial charge in [-0.3, -0.25) is 4.79 Å². The van der Waals surface area contributed by atoms with Crippen LogP contribution in [0.1, 0.15) is 0 Å². The van der Waals surface area contributed by atoms with Crippen molar-refractivity contribution >= 4 is 28.5 Å².